The van der Waals surface area contributed by atoms with E-state index in [9.17, 15) is 18.0 Å². The molecule has 13 heteroatoms. The summed E-state index contributed by atoms with van der Waals surface area (Å²) < 4.78 is 25.6. The summed E-state index contributed by atoms with van der Waals surface area (Å²) in [6.07, 6.45) is 0.606. The fourth-order valence-electron chi connectivity index (χ4n) is 7.58. The van der Waals surface area contributed by atoms with Crippen molar-refractivity contribution in [2.24, 2.45) is 0 Å². The minimum absolute atomic E-state index is 0.0419. The number of hydrogen-bond acceptors (Lipinski definition) is 9. The molecule has 2 amide bonds. The first-order chi connectivity index (χ1) is 25.7. The van der Waals surface area contributed by atoms with Crippen LogP contribution < -0.4 is 19.8 Å². The second-order valence-electron chi connectivity index (χ2n) is 14.6. The molecule has 7 rings (SSSR count). The molecule has 0 bridgehead atoms. The van der Waals surface area contributed by atoms with Gasteiger partial charge in [0.1, 0.15) is 11.6 Å². The lowest BCUT2D eigenvalue weighted by Gasteiger charge is -2.37. The van der Waals surface area contributed by atoms with Gasteiger partial charge < -0.3 is 25.3 Å². The van der Waals surface area contributed by atoms with Crippen molar-refractivity contribution >= 4 is 44.8 Å². The molecule has 0 radical (unpaired) electrons. The standard InChI is InChI=1S/C22H28N4O3S.C19H24N4O/c1-16-5-7-20(17(2)15-16)24-10-12-25(13-11-24)22(27)19-6-8-21(23-18(19)3)26-9-4-14-30(26,28)29;1-13-4-6-17(14(2)12-13)22-8-10-23(11-9-22)19(24)16-5-7-18(20)21-15(16)3/h5-8,15H,4,9-14H2,1-3H3;4-7,12H,8-11H2,1-3H3,(H2,20,21). The van der Waals surface area contributed by atoms with Crippen LogP contribution in [0, 0.1) is 41.5 Å². The van der Waals surface area contributed by atoms with E-state index in [2.05, 4.69) is 83.9 Å². The summed E-state index contributed by atoms with van der Waals surface area (Å²) in [6.45, 7) is 18.5. The first-order valence-corrected chi connectivity index (χ1v) is 20.3. The highest BCUT2D eigenvalue weighted by Gasteiger charge is 2.31. The number of carbonyl (C=O) groups excluding carboxylic acids is 2. The third kappa shape index (κ3) is 8.46. The van der Waals surface area contributed by atoms with Crippen molar-refractivity contribution in [1.29, 1.82) is 0 Å². The van der Waals surface area contributed by atoms with Gasteiger partial charge in [-0.1, -0.05) is 35.4 Å². The van der Waals surface area contributed by atoms with E-state index in [1.807, 2.05) is 16.7 Å². The number of benzene rings is 2. The molecule has 0 saturated carbocycles. The van der Waals surface area contributed by atoms with Crippen molar-refractivity contribution in [3.8, 4) is 0 Å². The average molecular weight is 753 g/mol. The lowest BCUT2D eigenvalue weighted by atomic mass is 10.1. The van der Waals surface area contributed by atoms with Gasteiger partial charge in [0, 0.05) is 70.3 Å². The molecule has 0 spiro atoms. The monoisotopic (exact) mass is 752 g/mol. The van der Waals surface area contributed by atoms with Crippen LogP contribution in [0.2, 0.25) is 0 Å². The number of sulfonamides is 1. The van der Waals surface area contributed by atoms with Crippen molar-refractivity contribution < 1.29 is 18.0 Å². The van der Waals surface area contributed by atoms with Gasteiger partial charge in [-0.3, -0.25) is 13.9 Å². The maximum absolute atomic E-state index is 13.1. The number of anilines is 4. The molecule has 2 aromatic heterocycles. The minimum Gasteiger partial charge on any atom is -0.384 e. The summed E-state index contributed by atoms with van der Waals surface area (Å²) >= 11 is 0. The number of amides is 2. The number of nitrogens with zero attached hydrogens (tertiary/aromatic N) is 7. The molecular weight excluding hydrogens is 701 g/mol. The number of aromatic nitrogens is 2. The molecule has 286 valence electrons. The van der Waals surface area contributed by atoms with E-state index in [0.717, 1.165) is 39.3 Å². The Morgan fingerprint density at radius 2 is 1.06 bits per heavy atom. The third-order valence-corrected chi connectivity index (χ3v) is 12.4. The SMILES string of the molecule is Cc1ccc(N2CCN(C(=O)c3ccc(N)nc3C)CC2)c(C)c1.Cc1ccc(N2CCN(C(=O)c3ccc(N4CCCS4(=O)=O)nc3C)CC2)c(C)c1. The summed E-state index contributed by atoms with van der Waals surface area (Å²) in [7, 11) is -3.28. The summed E-state index contributed by atoms with van der Waals surface area (Å²) in [6, 6.07) is 19.8. The molecule has 3 aliphatic heterocycles. The number of pyridine rings is 2. The zero-order valence-electron chi connectivity index (χ0n) is 32.3. The van der Waals surface area contributed by atoms with Crippen LogP contribution in [-0.2, 0) is 10.0 Å². The number of hydrogen-bond donors (Lipinski definition) is 1. The zero-order chi connectivity index (χ0) is 38.7. The Bertz CT molecular complexity index is 2140. The van der Waals surface area contributed by atoms with Crippen LogP contribution in [0.3, 0.4) is 0 Å². The first kappa shape index (κ1) is 38.6. The molecule has 2 aromatic carbocycles. The summed E-state index contributed by atoms with van der Waals surface area (Å²) in [5.74, 6) is 1.00. The fourth-order valence-corrected chi connectivity index (χ4v) is 9.09. The smallest absolute Gasteiger partial charge is 0.255 e. The highest BCUT2D eigenvalue weighted by atomic mass is 32.2. The van der Waals surface area contributed by atoms with Crippen LogP contribution >= 0.6 is 0 Å². The molecule has 0 unspecified atom stereocenters. The van der Waals surface area contributed by atoms with Gasteiger partial charge in [0.2, 0.25) is 10.0 Å². The highest BCUT2D eigenvalue weighted by Crippen LogP contribution is 2.27. The van der Waals surface area contributed by atoms with E-state index in [1.165, 1.54) is 37.9 Å². The first-order valence-electron chi connectivity index (χ1n) is 18.7. The number of nitrogen functional groups attached to an aromatic ring is 1. The second kappa shape index (κ2) is 16.1. The molecule has 0 atom stereocenters. The number of piperazine rings is 2. The Morgan fingerprint density at radius 3 is 1.46 bits per heavy atom. The van der Waals surface area contributed by atoms with Gasteiger partial charge in [0.25, 0.3) is 11.8 Å². The Balaban J connectivity index is 0.000000189. The van der Waals surface area contributed by atoms with Gasteiger partial charge >= 0.3 is 0 Å². The quantitative estimate of drug-likeness (QED) is 0.297. The van der Waals surface area contributed by atoms with Gasteiger partial charge in [-0.25, -0.2) is 18.4 Å². The maximum Gasteiger partial charge on any atom is 0.255 e. The molecule has 3 fully saturated rings. The number of rotatable bonds is 5. The van der Waals surface area contributed by atoms with Crippen LogP contribution in [0.25, 0.3) is 0 Å². The van der Waals surface area contributed by atoms with E-state index in [1.54, 1.807) is 31.2 Å². The molecule has 3 saturated heterocycles. The topological polar surface area (TPSA) is 136 Å². The molecular formula is C41H52N8O4S. The van der Waals surface area contributed by atoms with Crippen LogP contribution in [-0.4, -0.2) is 105 Å². The molecule has 4 aromatic rings. The van der Waals surface area contributed by atoms with Crippen molar-refractivity contribution in [2.45, 2.75) is 48.0 Å². The predicted octanol–water partition coefficient (Wildman–Crippen LogP) is 5.06. The predicted molar refractivity (Wildman–Crippen MR) is 216 cm³/mol. The van der Waals surface area contributed by atoms with Crippen molar-refractivity contribution in [1.82, 2.24) is 19.8 Å². The molecule has 0 aliphatic carbocycles. The van der Waals surface area contributed by atoms with Crippen molar-refractivity contribution in [2.75, 3.05) is 84.5 Å². The van der Waals surface area contributed by atoms with Gasteiger partial charge in [0.15, 0.2) is 0 Å². The molecule has 2 N–H and O–H groups in total. The van der Waals surface area contributed by atoms with E-state index in [4.69, 9.17) is 5.73 Å². The number of nitrogens with two attached hydrogens (primary N) is 1. The zero-order valence-corrected chi connectivity index (χ0v) is 33.1. The van der Waals surface area contributed by atoms with Gasteiger partial charge in [-0.2, -0.15) is 0 Å². The Labute approximate surface area is 319 Å². The Morgan fingerprint density at radius 1 is 0.593 bits per heavy atom. The largest absolute Gasteiger partial charge is 0.384 e. The molecule has 3 aliphatic rings. The van der Waals surface area contributed by atoms with Crippen molar-refractivity contribution in [3.05, 3.63) is 105 Å². The second-order valence-corrected chi connectivity index (χ2v) is 16.6. The van der Waals surface area contributed by atoms with Gasteiger partial charge in [-0.15, -0.1) is 0 Å². The normalized spacial score (nSPS) is 17.0. The summed E-state index contributed by atoms with van der Waals surface area (Å²) in [5.41, 5.74) is 15.7. The summed E-state index contributed by atoms with van der Waals surface area (Å²) in [4.78, 5) is 42.9. The lowest BCUT2D eigenvalue weighted by Crippen LogP contribution is -2.49. The molecule has 12 nitrogen and oxygen atoms in total. The highest BCUT2D eigenvalue weighted by molar-refractivity contribution is 7.93. The summed E-state index contributed by atoms with van der Waals surface area (Å²) in [5, 5.41) is 0. The Kier molecular flexibility index (Phi) is 11.5. The van der Waals surface area contributed by atoms with Crippen LogP contribution in [0.4, 0.5) is 23.0 Å². The van der Waals surface area contributed by atoms with E-state index < -0.39 is 10.0 Å². The van der Waals surface area contributed by atoms with Crippen LogP contribution in [0.5, 0.6) is 0 Å². The van der Waals surface area contributed by atoms with Gasteiger partial charge in [0.05, 0.1) is 28.3 Å². The maximum atomic E-state index is 13.1. The fraction of sp³-hybridized carbons (Fsp3) is 0.415. The van der Waals surface area contributed by atoms with Gasteiger partial charge in [-0.05, 0) is 95.5 Å². The average Bonchev–Trinajstić information content (AvgIpc) is 3.50. The van der Waals surface area contributed by atoms with E-state index >= 15 is 0 Å². The van der Waals surface area contributed by atoms with Crippen LogP contribution in [0.15, 0.2) is 60.7 Å². The molecule has 5 heterocycles. The Hall–Kier alpha value is -5.17. The van der Waals surface area contributed by atoms with Crippen molar-refractivity contribution in [3.63, 3.8) is 0 Å². The lowest BCUT2D eigenvalue weighted by molar-refractivity contribution is 0.0738. The number of carbonyl (C=O) groups is 2. The minimum atomic E-state index is -3.28. The number of aryl methyl sites for hydroxylation is 6. The van der Waals surface area contributed by atoms with Crippen LogP contribution in [0.1, 0.15) is 60.8 Å². The third-order valence-electron chi connectivity index (χ3n) is 10.5. The molecule has 54 heavy (non-hydrogen) atoms. The van der Waals surface area contributed by atoms with E-state index in [-0.39, 0.29) is 17.6 Å². The van der Waals surface area contributed by atoms with E-state index in [0.29, 0.717) is 60.2 Å².